The summed E-state index contributed by atoms with van der Waals surface area (Å²) in [7, 11) is 0. The van der Waals surface area contributed by atoms with Crippen molar-refractivity contribution in [2.45, 2.75) is 12.8 Å². The second-order valence-corrected chi connectivity index (χ2v) is 6.81. The fourth-order valence-corrected chi connectivity index (χ4v) is 3.51. The van der Waals surface area contributed by atoms with Gasteiger partial charge in [-0.05, 0) is 69.8 Å². The Hall–Kier alpha value is -3.66. The van der Waals surface area contributed by atoms with E-state index in [2.05, 4.69) is 36.4 Å². The number of aromatic carboxylic acids is 2. The van der Waals surface area contributed by atoms with Crippen LogP contribution in [0.3, 0.4) is 0 Å². The predicted octanol–water partition coefficient (Wildman–Crippen LogP) is 5.17. The molecule has 0 radical (unpaired) electrons. The lowest BCUT2D eigenvalue weighted by Crippen LogP contribution is -2.07. The second-order valence-electron chi connectivity index (χ2n) is 6.81. The Morgan fingerprint density at radius 1 is 0.643 bits per heavy atom. The van der Waals surface area contributed by atoms with E-state index in [0.29, 0.717) is 10.8 Å². The van der Waals surface area contributed by atoms with E-state index >= 15 is 0 Å². The minimum Gasteiger partial charge on any atom is -0.478 e. The number of carbonyl (C=O) groups is 2. The fraction of sp³-hybridized carbons (Fsp3) is 0.0833. The third-order valence-corrected chi connectivity index (χ3v) is 5.12. The number of hydrogen-bond donors (Lipinski definition) is 2. The average Bonchev–Trinajstić information content (AvgIpc) is 2.67. The van der Waals surface area contributed by atoms with Gasteiger partial charge in [0.05, 0.1) is 11.1 Å². The van der Waals surface area contributed by atoms with Crippen LogP contribution < -0.4 is 0 Å². The third-order valence-electron chi connectivity index (χ3n) is 5.12. The highest BCUT2D eigenvalue weighted by molar-refractivity contribution is 5.98. The molecule has 0 amide bonds. The van der Waals surface area contributed by atoms with E-state index in [1.54, 1.807) is 23.3 Å². The average molecular weight is 370 g/mol. The van der Waals surface area contributed by atoms with Gasteiger partial charge in [0, 0.05) is 0 Å². The van der Waals surface area contributed by atoms with E-state index in [-0.39, 0.29) is 11.1 Å². The van der Waals surface area contributed by atoms with Gasteiger partial charge in [0.15, 0.2) is 0 Å². The maximum Gasteiger partial charge on any atom is 0.335 e. The van der Waals surface area contributed by atoms with E-state index in [9.17, 15) is 9.59 Å². The van der Waals surface area contributed by atoms with Gasteiger partial charge in [-0.25, -0.2) is 9.59 Å². The number of rotatable bonds is 2. The molecule has 0 atom stereocenters. The smallest absolute Gasteiger partial charge is 0.335 e. The van der Waals surface area contributed by atoms with E-state index in [4.69, 9.17) is 10.2 Å². The Labute approximate surface area is 161 Å². The molecule has 4 heteroatoms. The first-order valence-electron chi connectivity index (χ1n) is 9.03. The first-order valence-corrected chi connectivity index (χ1v) is 9.03. The lowest BCUT2D eigenvalue weighted by atomic mass is 9.84. The molecular formula is C24H18O4. The fourth-order valence-electron chi connectivity index (χ4n) is 3.51. The van der Waals surface area contributed by atoms with Crippen molar-refractivity contribution in [2.75, 3.05) is 0 Å². The maximum absolute atomic E-state index is 10.7. The summed E-state index contributed by atoms with van der Waals surface area (Å²) in [6, 6.07) is 22.3. The molecule has 0 fully saturated rings. The Morgan fingerprint density at radius 2 is 1.21 bits per heavy atom. The van der Waals surface area contributed by atoms with Crippen LogP contribution in [0, 0.1) is 0 Å². The standard InChI is InChI=1S/C12H8O4.C12H10/c13-11(14)9-3-1-7-5-10(12(15)16)4-2-8(7)6-9;1-2-4-11-9(3-1)5-6-10-7-8-12(10)11/h1-6H,(H,13,14)(H,15,16);1-6H,7-8H2. The highest BCUT2D eigenvalue weighted by Gasteiger charge is 2.14. The molecule has 0 heterocycles. The molecule has 0 bridgehead atoms. The van der Waals surface area contributed by atoms with Gasteiger partial charge in [-0.15, -0.1) is 0 Å². The third kappa shape index (κ3) is 3.32. The summed E-state index contributed by atoms with van der Waals surface area (Å²) in [6.07, 6.45) is 2.55. The molecule has 0 saturated heterocycles. The van der Waals surface area contributed by atoms with Crippen molar-refractivity contribution in [1.82, 2.24) is 0 Å². The van der Waals surface area contributed by atoms with Gasteiger partial charge in [-0.3, -0.25) is 0 Å². The van der Waals surface area contributed by atoms with Gasteiger partial charge in [0.25, 0.3) is 0 Å². The molecule has 1 aliphatic rings. The molecule has 28 heavy (non-hydrogen) atoms. The molecule has 2 N–H and O–H groups in total. The second kappa shape index (κ2) is 7.16. The maximum atomic E-state index is 10.7. The van der Waals surface area contributed by atoms with Crippen molar-refractivity contribution in [3.8, 4) is 0 Å². The van der Waals surface area contributed by atoms with Crippen molar-refractivity contribution >= 4 is 33.5 Å². The minimum atomic E-state index is -0.996. The summed E-state index contributed by atoms with van der Waals surface area (Å²) >= 11 is 0. The lowest BCUT2D eigenvalue weighted by Gasteiger charge is -2.20. The summed E-state index contributed by atoms with van der Waals surface area (Å²) in [4.78, 5) is 21.5. The van der Waals surface area contributed by atoms with Gasteiger partial charge >= 0.3 is 11.9 Å². The summed E-state index contributed by atoms with van der Waals surface area (Å²) in [5.41, 5.74) is 3.51. The van der Waals surface area contributed by atoms with Gasteiger partial charge < -0.3 is 10.2 Å². The molecule has 5 rings (SSSR count). The zero-order valence-electron chi connectivity index (χ0n) is 15.1. The molecule has 0 saturated carbocycles. The number of benzene rings is 4. The highest BCUT2D eigenvalue weighted by atomic mass is 16.4. The number of fused-ring (bicyclic) bond motifs is 4. The van der Waals surface area contributed by atoms with Crippen molar-refractivity contribution in [3.05, 3.63) is 95.1 Å². The number of aryl methyl sites for hydroxylation is 2. The van der Waals surface area contributed by atoms with Gasteiger partial charge in [-0.1, -0.05) is 48.5 Å². The zero-order chi connectivity index (χ0) is 19.7. The zero-order valence-corrected chi connectivity index (χ0v) is 15.1. The Kier molecular flexibility index (Phi) is 4.53. The summed E-state index contributed by atoms with van der Waals surface area (Å²) in [6.45, 7) is 0. The van der Waals surface area contributed by atoms with Crippen LogP contribution in [0.1, 0.15) is 31.8 Å². The van der Waals surface area contributed by atoms with Crippen LogP contribution in [0.4, 0.5) is 0 Å². The van der Waals surface area contributed by atoms with Crippen LogP contribution in [-0.2, 0) is 12.8 Å². The van der Waals surface area contributed by atoms with E-state index < -0.39 is 11.9 Å². The van der Waals surface area contributed by atoms with Gasteiger partial charge in [0.1, 0.15) is 0 Å². The van der Waals surface area contributed by atoms with Crippen molar-refractivity contribution in [1.29, 1.82) is 0 Å². The highest BCUT2D eigenvalue weighted by Crippen LogP contribution is 2.30. The van der Waals surface area contributed by atoms with Crippen LogP contribution in [0.5, 0.6) is 0 Å². The molecule has 0 unspecified atom stereocenters. The molecule has 4 aromatic rings. The first-order chi connectivity index (χ1) is 13.5. The summed E-state index contributed by atoms with van der Waals surface area (Å²) in [5, 5.41) is 21.9. The van der Waals surface area contributed by atoms with Crippen molar-refractivity contribution in [3.63, 3.8) is 0 Å². The number of hydrogen-bond acceptors (Lipinski definition) is 2. The molecule has 4 aromatic carbocycles. The summed E-state index contributed by atoms with van der Waals surface area (Å²) in [5.74, 6) is -1.99. The quantitative estimate of drug-likeness (QED) is 0.510. The van der Waals surface area contributed by atoms with E-state index in [0.717, 1.165) is 0 Å². The summed E-state index contributed by atoms with van der Waals surface area (Å²) < 4.78 is 0. The normalized spacial score (nSPS) is 11.9. The van der Waals surface area contributed by atoms with Crippen LogP contribution in [-0.4, -0.2) is 22.2 Å². The predicted molar refractivity (Wildman–Crippen MR) is 109 cm³/mol. The molecule has 0 aromatic heterocycles. The van der Waals surface area contributed by atoms with Crippen molar-refractivity contribution in [2.24, 2.45) is 0 Å². The topological polar surface area (TPSA) is 74.6 Å². The van der Waals surface area contributed by atoms with Crippen LogP contribution >= 0.6 is 0 Å². The lowest BCUT2D eigenvalue weighted by molar-refractivity contribution is 0.0686. The largest absolute Gasteiger partial charge is 0.478 e. The molecule has 0 aliphatic heterocycles. The van der Waals surface area contributed by atoms with Gasteiger partial charge in [-0.2, -0.15) is 0 Å². The molecule has 138 valence electrons. The van der Waals surface area contributed by atoms with E-state index in [1.807, 2.05) is 0 Å². The van der Waals surface area contributed by atoms with Gasteiger partial charge in [0.2, 0.25) is 0 Å². The van der Waals surface area contributed by atoms with E-state index in [1.165, 1.54) is 47.9 Å². The SMILES string of the molecule is O=C(O)c1ccc2cc(C(=O)O)ccc2c1.c1ccc2c3c(ccc2c1)CC3. The van der Waals surface area contributed by atoms with Crippen LogP contribution in [0.15, 0.2) is 72.8 Å². The van der Waals surface area contributed by atoms with Crippen LogP contribution in [0.2, 0.25) is 0 Å². The number of carboxylic acids is 2. The molecule has 0 spiro atoms. The Morgan fingerprint density at radius 3 is 1.75 bits per heavy atom. The Balaban J connectivity index is 0.000000142. The Bertz CT molecular complexity index is 1170. The van der Waals surface area contributed by atoms with Crippen LogP contribution in [0.25, 0.3) is 21.5 Å². The monoisotopic (exact) mass is 370 g/mol. The van der Waals surface area contributed by atoms with Crippen molar-refractivity contribution < 1.29 is 19.8 Å². The number of carboxylic acid groups (broad SMARTS) is 2. The molecule has 1 aliphatic carbocycles. The molecular weight excluding hydrogens is 352 g/mol. The first kappa shape index (κ1) is 17.7. The minimum absolute atomic E-state index is 0.190. The molecule has 4 nitrogen and oxygen atoms in total.